The first-order valence-electron chi connectivity index (χ1n) is 12.5. The molecule has 1 heterocycles. The lowest BCUT2D eigenvalue weighted by Gasteiger charge is -2.46. The van der Waals surface area contributed by atoms with Gasteiger partial charge in [-0.1, -0.05) is 48.6 Å². The number of allylic oxidation sites excluding steroid dienone is 4. The standard InChI is InChI=1S/C25H32F3N3O5S3/c1-23(32,25(26,27)28)19-9-11-20(12-10-19)24(17-31(38(2,33)34)15-18-7-8-18)16-30(14-13-29-24)39(35,36)22-6-4-3-5-21(22)37/h3-4,6,9-12,18,29,32H,5,7-8,13-17H2,1-2H3/t23?,24-/m1/s1. The van der Waals surface area contributed by atoms with E-state index in [4.69, 9.17) is 12.2 Å². The molecule has 2 atom stereocenters. The number of nitrogens with zero attached hydrogens (tertiary/aromatic N) is 2. The van der Waals surface area contributed by atoms with E-state index in [1.807, 2.05) is 0 Å². The van der Waals surface area contributed by atoms with Crippen LogP contribution in [0.4, 0.5) is 13.2 Å². The van der Waals surface area contributed by atoms with Crippen LogP contribution in [0.2, 0.25) is 0 Å². The van der Waals surface area contributed by atoms with E-state index < -0.39 is 42.9 Å². The zero-order valence-corrected chi connectivity index (χ0v) is 24.1. The van der Waals surface area contributed by atoms with Gasteiger partial charge in [0.25, 0.3) is 0 Å². The van der Waals surface area contributed by atoms with E-state index in [0.29, 0.717) is 18.9 Å². The van der Waals surface area contributed by atoms with Crippen LogP contribution in [-0.4, -0.2) is 80.6 Å². The minimum Gasteiger partial charge on any atom is -0.376 e. The predicted octanol–water partition coefficient (Wildman–Crippen LogP) is 2.77. The van der Waals surface area contributed by atoms with Crippen molar-refractivity contribution in [2.24, 2.45) is 5.92 Å². The van der Waals surface area contributed by atoms with Crippen molar-refractivity contribution in [2.75, 3.05) is 39.0 Å². The maximum Gasteiger partial charge on any atom is 0.421 e. The monoisotopic (exact) mass is 607 g/mol. The van der Waals surface area contributed by atoms with Crippen molar-refractivity contribution in [3.05, 3.63) is 58.5 Å². The maximum absolute atomic E-state index is 13.7. The van der Waals surface area contributed by atoms with Crippen molar-refractivity contribution in [2.45, 2.75) is 43.5 Å². The van der Waals surface area contributed by atoms with Crippen LogP contribution < -0.4 is 5.32 Å². The first kappa shape index (κ1) is 30.3. The van der Waals surface area contributed by atoms with Crippen LogP contribution in [0.5, 0.6) is 0 Å². The molecule has 8 nitrogen and oxygen atoms in total. The molecule has 0 amide bonds. The number of sulfonamides is 2. The number of alkyl halides is 3. The zero-order chi connectivity index (χ0) is 28.9. The highest BCUT2D eigenvalue weighted by atomic mass is 32.2. The van der Waals surface area contributed by atoms with Gasteiger partial charge in [0.2, 0.25) is 20.0 Å². The quantitative estimate of drug-likeness (QED) is 0.416. The van der Waals surface area contributed by atoms with Crippen molar-refractivity contribution in [1.82, 2.24) is 13.9 Å². The van der Waals surface area contributed by atoms with E-state index in [1.165, 1.54) is 26.8 Å². The van der Waals surface area contributed by atoms with Gasteiger partial charge in [-0.15, -0.1) is 0 Å². The van der Waals surface area contributed by atoms with Gasteiger partial charge in [-0.25, -0.2) is 16.8 Å². The highest BCUT2D eigenvalue weighted by Gasteiger charge is 2.51. The smallest absolute Gasteiger partial charge is 0.376 e. The summed E-state index contributed by atoms with van der Waals surface area (Å²) in [5, 5.41) is 13.4. The summed E-state index contributed by atoms with van der Waals surface area (Å²) in [5.41, 5.74) is -4.38. The fourth-order valence-electron chi connectivity index (χ4n) is 4.83. The molecular weight excluding hydrogens is 575 g/mol. The van der Waals surface area contributed by atoms with Gasteiger partial charge >= 0.3 is 6.18 Å². The molecule has 1 saturated carbocycles. The summed E-state index contributed by atoms with van der Waals surface area (Å²) in [6.45, 7) is 0.864. The van der Waals surface area contributed by atoms with Crippen molar-refractivity contribution in [1.29, 1.82) is 0 Å². The molecule has 2 N–H and O–H groups in total. The molecule has 0 bridgehead atoms. The first-order chi connectivity index (χ1) is 18.0. The number of rotatable bonds is 9. The lowest BCUT2D eigenvalue weighted by Crippen LogP contribution is -2.64. The Morgan fingerprint density at radius 1 is 1.18 bits per heavy atom. The number of piperazine rings is 1. The van der Waals surface area contributed by atoms with Crippen LogP contribution in [0, 0.1) is 5.92 Å². The van der Waals surface area contributed by atoms with Crippen LogP contribution in [0.25, 0.3) is 0 Å². The second-order valence-electron chi connectivity index (χ2n) is 10.6. The third kappa shape index (κ3) is 6.31. The molecule has 1 aliphatic heterocycles. The van der Waals surface area contributed by atoms with E-state index in [-0.39, 0.29) is 48.4 Å². The Balaban J connectivity index is 1.76. The molecule has 0 spiro atoms. The highest BCUT2D eigenvalue weighted by molar-refractivity contribution is 7.96. The molecule has 0 radical (unpaired) electrons. The van der Waals surface area contributed by atoms with E-state index >= 15 is 0 Å². The fourth-order valence-corrected chi connectivity index (χ4v) is 7.87. The average Bonchev–Trinajstić information content (AvgIpc) is 3.67. The molecule has 1 saturated heterocycles. The van der Waals surface area contributed by atoms with Gasteiger partial charge in [0.05, 0.1) is 16.7 Å². The maximum atomic E-state index is 13.7. The van der Waals surface area contributed by atoms with E-state index in [2.05, 4.69) is 5.32 Å². The van der Waals surface area contributed by atoms with Gasteiger partial charge in [0, 0.05) is 44.0 Å². The average molecular weight is 608 g/mol. The van der Waals surface area contributed by atoms with Gasteiger partial charge in [0.1, 0.15) is 0 Å². The Labute approximate surface area is 232 Å². The molecular formula is C25H32F3N3O5S3. The molecule has 3 aliphatic rings. The molecule has 1 unspecified atom stereocenters. The minimum atomic E-state index is -4.92. The topological polar surface area (TPSA) is 107 Å². The summed E-state index contributed by atoms with van der Waals surface area (Å²) in [6, 6.07) is 5.02. The van der Waals surface area contributed by atoms with Crippen LogP contribution in [0.1, 0.15) is 37.3 Å². The van der Waals surface area contributed by atoms with Crippen LogP contribution in [-0.2, 0) is 31.2 Å². The first-order valence-corrected chi connectivity index (χ1v) is 16.2. The Morgan fingerprint density at radius 3 is 2.36 bits per heavy atom. The van der Waals surface area contributed by atoms with Gasteiger partial charge in [-0.3, -0.25) is 0 Å². The molecule has 2 fully saturated rings. The van der Waals surface area contributed by atoms with Crippen molar-refractivity contribution < 1.29 is 35.1 Å². The molecule has 1 aromatic carbocycles. The summed E-state index contributed by atoms with van der Waals surface area (Å²) >= 11 is 5.30. The number of hydrogen-bond acceptors (Lipinski definition) is 7. The molecule has 39 heavy (non-hydrogen) atoms. The Kier molecular flexibility index (Phi) is 8.25. The number of benzene rings is 1. The van der Waals surface area contributed by atoms with Crippen LogP contribution in [0.3, 0.4) is 0 Å². The number of thiocarbonyl (C=S) groups is 1. The van der Waals surface area contributed by atoms with E-state index in [0.717, 1.165) is 31.2 Å². The Morgan fingerprint density at radius 2 is 1.82 bits per heavy atom. The molecule has 4 rings (SSSR count). The van der Waals surface area contributed by atoms with Crippen molar-refractivity contribution in [3.63, 3.8) is 0 Å². The summed E-state index contributed by atoms with van der Waals surface area (Å²) < 4.78 is 95.8. The summed E-state index contributed by atoms with van der Waals surface area (Å²) in [5.74, 6) is 0.195. The summed E-state index contributed by atoms with van der Waals surface area (Å²) in [4.78, 5) is 0.275. The normalized spacial score (nSPS) is 25.0. The SMILES string of the molecule is CC(O)(c1ccc([C@]2(CN(CC3CC3)S(C)(=O)=O)CN(S(=O)(=O)C3=CC=CCC3=S)CCN2)cc1)C(F)(F)F. The number of halogens is 3. The van der Waals surface area contributed by atoms with Gasteiger partial charge in [-0.2, -0.15) is 21.8 Å². The van der Waals surface area contributed by atoms with Gasteiger partial charge in [-0.05, 0) is 42.9 Å². The van der Waals surface area contributed by atoms with E-state index in [1.54, 1.807) is 12.2 Å². The number of nitrogens with one attached hydrogen (secondary N) is 1. The van der Waals surface area contributed by atoms with Crippen LogP contribution >= 0.6 is 12.2 Å². The second-order valence-corrected chi connectivity index (χ2v) is 15.0. The molecule has 0 aromatic heterocycles. The zero-order valence-electron chi connectivity index (χ0n) is 21.6. The third-order valence-electron chi connectivity index (χ3n) is 7.48. The fraction of sp³-hybridized carbons (Fsp3) is 0.560. The molecule has 1 aromatic rings. The number of hydrogen-bond donors (Lipinski definition) is 2. The van der Waals surface area contributed by atoms with Gasteiger partial charge in [0.15, 0.2) is 5.60 Å². The Bertz CT molecular complexity index is 1390. The van der Waals surface area contributed by atoms with Crippen LogP contribution in [0.15, 0.2) is 47.4 Å². The minimum absolute atomic E-state index is 0.00493. The van der Waals surface area contributed by atoms with Crippen molar-refractivity contribution in [3.8, 4) is 0 Å². The lowest BCUT2D eigenvalue weighted by molar-refractivity contribution is -0.258. The summed E-state index contributed by atoms with van der Waals surface area (Å²) in [6.07, 6.45) is 3.05. The van der Waals surface area contributed by atoms with Gasteiger partial charge < -0.3 is 10.4 Å². The molecule has 14 heteroatoms. The third-order valence-corrected chi connectivity index (χ3v) is 11.1. The Hall–Kier alpha value is -1.68. The highest BCUT2D eigenvalue weighted by Crippen LogP contribution is 2.40. The molecule has 216 valence electrons. The second kappa shape index (κ2) is 10.6. The summed E-state index contributed by atoms with van der Waals surface area (Å²) in [7, 11) is -7.74. The van der Waals surface area contributed by atoms with Crippen molar-refractivity contribution >= 4 is 37.1 Å². The number of aliphatic hydroxyl groups is 1. The lowest BCUT2D eigenvalue weighted by atomic mass is 9.85. The van der Waals surface area contributed by atoms with E-state index in [9.17, 15) is 35.1 Å². The largest absolute Gasteiger partial charge is 0.421 e. The predicted molar refractivity (Wildman–Crippen MR) is 146 cm³/mol. The molecule has 2 aliphatic carbocycles.